The van der Waals surface area contributed by atoms with Gasteiger partial charge in [-0.1, -0.05) is 103 Å². The molecule has 1 amide bonds. The van der Waals surface area contributed by atoms with Crippen LogP contribution in [0.3, 0.4) is 0 Å². The van der Waals surface area contributed by atoms with Crippen molar-refractivity contribution >= 4 is 23.1 Å². The number of benzene rings is 5. The molecular formula is C40H38N2O3. The molecule has 0 bridgehead atoms. The summed E-state index contributed by atoms with van der Waals surface area (Å²) >= 11 is 0. The van der Waals surface area contributed by atoms with Gasteiger partial charge in [0.25, 0.3) is 0 Å². The van der Waals surface area contributed by atoms with Gasteiger partial charge in [-0.3, -0.25) is 9.59 Å². The van der Waals surface area contributed by atoms with E-state index in [0.717, 1.165) is 54.0 Å². The highest BCUT2D eigenvalue weighted by Crippen LogP contribution is 2.35. The van der Waals surface area contributed by atoms with Crippen LogP contribution in [0.25, 0.3) is 0 Å². The molecule has 6 rings (SSSR count). The summed E-state index contributed by atoms with van der Waals surface area (Å²) < 4.78 is 6.03. The number of Topliss-reactive ketones (excluding diaryl/α,β-unsaturated/α-hetero) is 1. The number of rotatable bonds is 11. The Morgan fingerprint density at radius 1 is 0.689 bits per heavy atom. The molecule has 5 nitrogen and oxygen atoms in total. The highest BCUT2D eigenvalue weighted by atomic mass is 16.5. The molecule has 1 aliphatic rings. The summed E-state index contributed by atoms with van der Waals surface area (Å²) in [6.45, 7) is 2.16. The van der Waals surface area contributed by atoms with Crippen molar-refractivity contribution in [2.24, 2.45) is 5.92 Å². The van der Waals surface area contributed by atoms with Gasteiger partial charge in [0.1, 0.15) is 12.4 Å². The standard InChI is InChI=1S/C40H38N2O3/c43-37(36-18-10-11-19-38(36)45-29-31-12-4-1-5-13-31)28-30-20-22-35(23-21-30)42-26-24-33(25-27-42)39(32-14-6-2-7-15-32)40(44)41-34-16-8-3-9-17-34/h1-23,33,39H,24-29H2,(H,41,44). The van der Waals surface area contributed by atoms with Gasteiger partial charge in [-0.05, 0) is 71.8 Å². The average molecular weight is 595 g/mol. The van der Waals surface area contributed by atoms with Crippen LogP contribution in [0.4, 0.5) is 11.4 Å². The largest absolute Gasteiger partial charge is 0.488 e. The number of hydrogen-bond donors (Lipinski definition) is 1. The molecule has 45 heavy (non-hydrogen) atoms. The first-order valence-electron chi connectivity index (χ1n) is 15.7. The maximum Gasteiger partial charge on any atom is 0.232 e. The Balaban J connectivity index is 1.07. The Kier molecular flexibility index (Phi) is 9.66. The van der Waals surface area contributed by atoms with Crippen LogP contribution >= 0.6 is 0 Å². The first-order chi connectivity index (χ1) is 22.1. The predicted molar refractivity (Wildman–Crippen MR) is 181 cm³/mol. The molecule has 1 atom stereocenters. The van der Waals surface area contributed by atoms with Crippen LogP contribution in [-0.4, -0.2) is 24.8 Å². The molecule has 1 heterocycles. The Labute approximate surface area is 265 Å². The van der Waals surface area contributed by atoms with Crippen LogP contribution in [0.5, 0.6) is 5.75 Å². The summed E-state index contributed by atoms with van der Waals surface area (Å²) in [5, 5.41) is 3.14. The molecule has 0 aliphatic carbocycles. The number of anilines is 2. The second-order valence-corrected chi connectivity index (χ2v) is 11.6. The molecule has 0 spiro atoms. The van der Waals surface area contributed by atoms with E-state index in [4.69, 9.17) is 4.74 Å². The molecule has 1 aliphatic heterocycles. The molecule has 1 fully saturated rings. The number of para-hydroxylation sites is 2. The molecule has 1 N–H and O–H groups in total. The third kappa shape index (κ3) is 7.68. The van der Waals surface area contributed by atoms with Gasteiger partial charge in [-0.2, -0.15) is 0 Å². The van der Waals surface area contributed by atoms with Crippen molar-refractivity contribution in [1.29, 1.82) is 0 Å². The van der Waals surface area contributed by atoms with Crippen LogP contribution in [-0.2, 0) is 17.8 Å². The van der Waals surface area contributed by atoms with Crippen molar-refractivity contribution < 1.29 is 14.3 Å². The molecule has 1 saturated heterocycles. The maximum absolute atomic E-state index is 13.6. The van der Waals surface area contributed by atoms with E-state index in [-0.39, 0.29) is 23.5 Å². The summed E-state index contributed by atoms with van der Waals surface area (Å²) in [6.07, 6.45) is 2.15. The average Bonchev–Trinajstić information content (AvgIpc) is 3.10. The molecule has 0 saturated carbocycles. The minimum atomic E-state index is -0.207. The number of carbonyl (C=O) groups excluding carboxylic acids is 2. The number of hydrogen-bond acceptors (Lipinski definition) is 4. The Hall–Kier alpha value is -5.16. The van der Waals surface area contributed by atoms with Crippen LogP contribution < -0.4 is 15.0 Å². The van der Waals surface area contributed by atoms with E-state index >= 15 is 0 Å². The zero-order valence-corrected chi connectivity index (χ0v) is 25.3. The lowest BCUT2D eigenvalue weighted by atomic mass is 9.79. The molecule has 5 heteroatoms. The number of nitrogens with one attached hydrogen (secondary N) is 1. The Morgan fingerprint density at radius 2 is 1.29 bits per heavy atom. The summed E-state index contributed by atoms with van der Waals surface area (Å²) in [7, 11) is 0. The zero-order valence-electron chi connectivity index (χ0n) is 25.3. The number of carbonyl (C=O) groups is 2. The minimum Gasteiger partial charge on any atom is -0.488 e. The zero-order chi connectivity index (χ0) is 30.8. The second kappa shape index (κ2) is 14.5. The van der Waals surface area contributed by atoms with E-state index in [0.29, 0.717) is 24.3 Å². The number of ether oxygens (including phenoxy) is 1. The third-order valence-electron chi connectivity index (χ3n) is 8.58. The van der Waals surface area contributed by atoms with Crippen molar-refractivity contribution in [3.05, 3.63) is 162 Å². The Bertz CT molecular complexity index is 1680. The van der Waals surface area contributed by atoms with Gasteiger partial charge in [-0.25, -0.2) is 0 Å². The molecule has 0 radical (unpaired) electrons. The summed E-state index contributed by atoms with van der Waals surface area (Å²) in [6, 6.07) is 45.6. The topological polar surface area (TPSA) is 58.6 Å². The maximum atomic E-state index is 13.6. The summed E-state index contributed by atoms with van der Waals surface area (Å²) in [5.74, 6) is 0.729. The predicted octanol–water partition coefficient (Wildman–Crippen LogP) is 8.33. The minimum absolute atomic E-state index is 0.0351. The second-order valence-electron chi connectivity index (χ2n) is 11.6. The van der Waals surface area contributed by atoms with Gasteiger partial charge in [-0.15, -0.1) is 0 Å². The van der Waals surface area contributed by atoms with Gasteiger partial charge in [0, 0.05) is 30.9 Å². The quantitative estimate of drug-likeness (QED) is 0.156. The lowest BCUT2D eigenvalue weighted by Gasteiger charge is -2.37. The van der Waals surface area contributed by atoms with E-state index < -0.39 is 0 Å². The van der Waals surface area contributed by atoms with Gasteiger partial charge >= 0.3 is 0 Å². The van der Waals surface area contributed by atoms with Crippen molar-refractivity contribution in [2.75, 3.05) is 23.3 Å². The fourth-order valence-electron chi connectivity index (χ4n) is 6.19. The SMILES string of the molecule is O=C(Cc1ccc(N2CCC(C(C(=O)Nc3ccccc3)c3ccccc3)CC2)cc1)c1ccccc1OCc1ccccc1. The van der Waals surface area contributed by atoms with E-state index in [2.05, 4.69) is 34.5 Å². The fourth-order valence-corrected chi connectivity index (χ4v) is 6.19. The van der Waals surface area contributed by atoms with Crippen molar-refractivity contribution in [1.82, 2.24) is 0 Å². The van der Waals surface area contributed by atoms with Crippen LogP contribution in [0.15, 0.2) is 140 Å². The molecule has 5 aromatic carbocycles. The van der Waals surface area contributed by atoms with Crippen molar-refractivity contribution in [3.8, 4) is 5.75 Å². The van der Waals surface area contributed by atoms with Crippen LogP contribution in [0, 0.1) is 5.92 Å². The van der Waals surface area contributed by atoms with Gasteiger partial charge in [0.15, 0.2) is 5.78 Å². The first-order valence-corrected chi connectivity index (χ1v) is 15.7. The number of amides is 1. The Morgan fingerprint density at radius 3 is 1.98 bits per heavy atom. The van der Waals surface area contributed by atoms with E-state index in [1.165, 1.54) is 0 Å². The lowest BCUT2D eigenvalue weighted by molar-refractivity contribution is -0.119. The van der Waals surface area contributed by atoms with Crippen molar-refractivity contribution in [2.45, 2.75) is 31.8 Å². The normalized spacial score (nSPS) is 14.0. The number of ketones is 1. The highest BCUT2D eigenvalue weighted by Gasteiger charge is 2.33. The van der Waals surface area contributed by atoms with Crippen LogP contribution in [0.1, 0.15) is 45.8 Å². The molecule has 1 unspecified atom stereocenters. The number of piperidine rings is 1. The molecule has 0 aromatic heterocycles. The van der Waals surface area contributed by atoms with Gasteiger partial charge < -0.3 is 15.0 Å². The van der Waals surface area contributed by atoms with Crippen molar-refractivity contribution in [3.63, 3.8) is 0 Å². The van der Waals surface area contributed by atoms with E-state index in [1.807, 2.05) is 115 Å². The van der Waals surface area contributed by atoms with Gasteiger partial charge in [0.05, 0.1) is 11.5 Å². The monoisotopic (exact) mass is 594 g/mol. The summed E-state index contributed by atoms with van der Waals surface area (Å²) in [5.41, 5.74) is 5.65. The molecular weight excluding hydrogens is 556 g/mol. The fraction of sp³-hybridized carbons (Fsp3) is 0.200. The van der Waals surface area contributed by atoms with E-state index in [9.17, 15) is 9.59 Å². The van der Waals surface area contributed by atoms with Gasteiger partial charge in [0.2, 0.25) is 5.91 Å². The van der Waals surface area contributed by atoms with Crippen LogP contribution in [0.2, 0.25) is 0 Å². The van der Waals surface area contributed by atoms with E-state index in [1.54, 1.807) is 0 Å². The summed E-state index contributed by atoms with van der Waals surface area (Å²) in [4.78, 5) is 29.2. The lowest BCUT2D eigenvalue weighted by Crippen LogP contribution is -2.38. The third-order valence-corrected chi connectivity index (χ3v) is 8.58. The smallest absolute Gasteiger partial charge is 0.232 e. The highest BCUT2D eigenvalue weighted by molar-refractivity contribution is 6.00. The number of nitrogens with zero attached hydrogens (tertiary/aromatic N) is 1. The molecule has 226 valence electrons. The first kappa shape index (κ1) is 29.9. The molecule has 5 aromatic rings.